The number of rotatable bonds is 4. The highest BCUT2D eigenvalue weighted by Crippen LogP contribution is 2.30. The minimum Gasteiger partial charge on any atom is -0.444 e. The van der Waals surface area contributed by atoms with Gasteiger partial charge in [-0.05, 0) is 30.3 Å². The molecule has 1 heterocycles. The Morgan fingerprint density at radius 2 is 1.88 bits per heavy atom. The van der Waals surface area contributed by atoms with Crippen LogP contribution in [0, 0.1) is 10.1 Å². The molecule has 3 aromatic rings. The van der Waals surface area contributed by atoms with Crippen molar-refractivity contribution in [1.29, 1.82) is 0 Å². The van der Waals surface area contributed by atoms with E-state index in [-0.39, 0.29) is 28.0 Å². The average Bonchev–Trinajstić information content (AvgIpc) is 3.09. The highest BCUT2D eigenvalue weighted by Gasteiger charge is 2.20. The lowest BCUT2D eigenvalue weighted by Crippen LogP contribution is -2.13. The van der Waals surface area contributed by atoms with Crippen LogP contribution in [-0.4, -0.2) is 15.8 Å². The smallest absolute Gasteiger partial charge is 0.294 e. The second kappa shape index (κ2) is 7.33. The van der Waals surface area contributed by atoms with Crippen LogP contribution in [0.5, 0.6) is 0 Å². The van der Waals surface area contributed by atoms with Crippen molar-refractivity contribution in [3.63, 3.8) is 0 Å². The summed E-state index contributed by atoms with van der Waals surface area (Å²) in [5, 5.41) is 14.3. The highest BCUT2D eigenvalue weighted by atomic mass is 35.5. The largest absolute Gasteiger partial charge is 0.444 e. The van der Waals surface area contributed by atoms with Gasteiger partial charge in [-0.1, -0.05) is 34.8 Å². The predicted molar refractivity (Wildman–Crippen MR) is 98.0 cm³/mol. The van der Waals surface area contributed by atoms with Crippen molar-refractivity contribution in [1.82, 2.24) is 4.98 Å². The maximum atomic E-state index is 12.3. The molecule has 0 spiro atoms. The van der Waals surface area contributed by atoms with Crippen LogP contribution in [0.2, 0.25) is 15.1 Å². The molecule has 26 heavy (non-hydrogen) atoms. The van der Waals surface area contributed by atoms with Crippen LogP contribution in [0.3, 0.4) is 0 Å². The first-order chi connectivity index (χ1) is 12.3. The van der Waals surface area contributed by atoms with Crippen molar-refractivity contribution >= 4 is 52.1 Å². The van der Waals surface area contributed by atoms with Crippen LogP contribution in [0.1, 0.15) is 10.5 Å². The van der Waals surface area contributed by atoms with Gasteiger partial charge in [0, 0.05) is 16.7 Å². The molecular weight excluding hydrogens is 405 g/mol. The van der Waals surface area contributed by atoms with E-state index in [1.807, 2.05) is 0 Å². The standard InChI is InChI=1S/C16H8Cl3N3O4/c17-9-2-4-12(14(6-9)22(24)25)20-15(23)13-7-26-16(21-13)8-1-3-10(18)11(19)5-8/h1-7H,(H,20,23). The number of carbonyl (C=O) groups excluding carboxylic acids is 1. The molecule has 0 radical (unpaired) electrons. The molecule has 10 heteroatoms. The number of hydrogen-bond acceptors (Lipinski definition) is 5. The molecule has 0 aliphatic rings. The molecule has 3 rings (SSSR count). The number of hydrogen-bond donors (Lipinski definition) is 1. The zero-order chi connectivity index (χ0) is 18.8. The SMILES string of the molecule is O=C(Nc1ccc(Cl)cc1[N+](=O)[O-])c1coc(-c2ccc(Cl)c(Cl)c2)n1. The molecule has 0 saturated carbocycles. The zero-order valence-corrected chi connectivity index (χ0v) is 15.0. The van der Waals surface area contributed by atoms with E-state index < -0.39 is 10.8 Å². The number of benzene rings is 2. The third kappa shape index (κ3) is 3.80. The number of oxazole rings is 1. The van der Waals surface area contributed by atoms with Crippen LogP contribution in [-0.2, 0) is 0 Å². The van der Waals surface area contributed by atoms with E-state index in [1.165, 1.54) is 12.1 Å². The quantitative estimate of drug-likeness (QED) is 0.453. The van der Waals surface area contributed by atoms with E-state index in [1.54, 1.807) is 18.2 Å². The molecule has 0 saturated heterocycles. The van der Waals surface area contributed by atoms with Gasteiger partial charge in [0.25, 0.3) is 11.6 Å². The van der Waals surface area contributed by atoms with Gasteiger partial charge in [0.2, 0.25) is 5.89 Å². The maximum absolute atomic E-state index is 12.3. The van der Waals surface area contributed by atoms with Crippen LogP contribution < -0.4 is 5.32 Å². The van der Waals surface area contributed by atoms with Gasteiger partial charge in [-0.2, -0.15) is 0 Å². The van der Waals surface area contributed by atoms with E-state index in [9.17, 15) is 14.9 Å². The number of nitro benzene ring substituents is 1. The lowest BCUT2D eigenvalue weighted by atomic mass is 10.2. The Balaban J connectivity index is 1.85. The van der Waals surface area contributed by atoms with Crippen LogP contribution in [0.15, 0.2) is 47.1 Å². The van der Waals surface area contributed by atoms with Gasteiger partial charge < -0.3 is 9.73 Å². The lowest BCUT2D eigenvalue weighted by Gasteiger charge is -2.04. The Bertz CT molecular complexity index is 1020. The van der Waals surface area contributed by atoms with Crippen molar-refractivity contribution in [3.05, 3.63) is 73.5 Å². The topological polar surface area (TPSA) is 98.3 Å². The molecule has 0 unspecified atom stereocenters. The summed E-state index contributed by atoms with van der Waals surface area (Å²) < 4.78 is 5.27. The molecule has 1 amide bonds. The molecule has 0 aliphatic heterocycles. The van der Waals surface area contributed by atoms with Crippen LogP contribution in [0.25, 0.3) is 11.5 Å². The van der Waals surface area contributed by atoms with Gasteiger partial charge in [-0.3, -0.25) is 14.9 Å². The van der Waals surface area contributed by atoms with Crippen molar-refractivity contribution in [3.8, 4) is 11.5 Å². The van der Waals surface area contributed by atoms with Crippen molar-refractivity contribution < 1.29 is 14.1 Å². The lowest BCUT2D eigenvalue weighted by molar-refractivity contribution is -0.383. The molecule has 7 nitrogen and oxygen atoms in total. The number of aromatic nitrogens is 1. The Morgan fingerprint density at radius 3 is 2.58 bits per heavy atom. The number of nitrogens with zero attached hydrogens (tertiary/aromatic N) is 2. The fourth-order valence-electron chi connectivity index (χ4n) is 2.09. The first kappa shape index (κ1) is 18.2. The van der Waals surface area contributed by atoms with Crippen molar-refractivity contribution in [2.24, 2.45) is 0 Å². The minimum atomic E-state index is -0.675. The summed E-state index contributed by atoms with van der Waals surface area (Å²) in [4.78, 5) is 26.8. The first-order valence-electron chi connectivity index (χ1n) is 7.01. The molecule has 1 aromatic heterocycles. The van der Waals surface area contributed by atoms with Crippen molar-refractivity contribution in [2.75, 3.05) is 5.32 Å². The van der Waals surface area contributed by atoms with Crippen LogP contribution in [0.4, 0.5) is 11.4 Å². The summed E-state index contributed by atoms with van der Waals surface area (Å²) in [7, 11) is 0. The number of nitro groups is 1. The summed E-state index contributed by atoms with van der Waals surface area (Å²) >= 11 is 17.5. The predicted octanol–water partition coefficient (Wildman–Crippen LogP) is 5.46. The molecule has 0 aliphatic carbocycles. The summed E-state index contributed by atoms with van der Waals surface area (Å²) in [6.45, 7) is 0. The van der Waals surface area contributed by atoms with E-state index in [0.29, 0.717) is 15.6 Å². The Morgan fingerprint density at radius 1 is 1.12 bits per heavy atom. The molecule has 2 aromatic carbocycles. The van der Waals surface area contributed by atoms with Gasteiger partial charge in [-0.15, -0.1) is 0 Å². The van der Waals surface area contributed by atoms with E-state index in [0.717, 1.165) is 12.3 Å². The third-order valence-corrected chi connectivity index (χ3v) is 4.28. The average molecular weight is 413 g/mol. The summed E-state index contributed by atoms with van der Waals surface area (Å²) in [5.74, 6) is -0.523. The number of amides is 1. The molecule has 0 bridgehead atoms. The summed E-state index contributed by atoms with van der Waals surface area (Å²) in [6.07, 6.45) is 1.13. The number of carbonyl (C=O) groups is 1. The second-order valence-electron chi connectivity index (χ2n) is 5.04. The van der Waals surface area contributed by atoms with E-state index >= 15 is 0 Å². The Labute approximate surface area is 161 Å². The molecule has 0 atom stereocenters. The normalized spacial score (nSPS) is 10.6. The Hall–Kier alpha value is -2.61. The van der Waals surface area contributed by atoms with E-state index in [2.05, 4.69) is 10.3 Å². The van der Waals surface area contributed by atoms with E-state index in [4.69, 9.17) is 39.2 Å². The second-order valence-corrected chi connectivity index (χ2v) is 6.29. The molecule has 132 valence electrons. The van der Waals surface area contributed by atoms with Gasteiger partial charge in [-0.25, -0.2) is 4.98 Å². The molecular formula is C16H8Cl3N3O4. The monoisotopic (exact) mass is 411 g/mol. The van der Waals surface area contributed by atoms with Gasteiger partial charge >= 0.3 is 0 Å². The Kier molecular flexibility index (Phi) is 5.13. The highest BCUT2D eigenvalue weighted by molar-refractivity contribution is 6.42. The maximum Gasteiger partial charge on any atom is 0.294 e. The number of nitrogens with one attached hydrogen (secondary N) is 1. The zero-order valence-electron chi connectivity index (χ0n) is 12.7. The number of halogens is 3. The summed E-state index contributed by atoms with van der Waals surface area (Å²) in [6, 6.07) is 8.64. The van der Waals surface area contributed by atoms with Crippen molar-refractivity contribution in [2.45, 2.75) is 0 Å². The third-order valence-electron chi connectivity index (χ3n) is 3.31. The fourth-order valence-corrected chi connectivity index (χ4v) is 2.55. The van der Waals surface area contributed by atoms with Gasteiger partial charge in [0.15, 0.2) is 5.69 Å². The van der Waals surface area contributed by atoms with Gasteiger partial charge in [0.1, 0.15) is 12.0 Å². The minimum absolute atomic E-state index is 0.0107. The molecule has 0 fully saturated rings. The fraction of sp³-hybridized carbons (Fsp3) is 0. The summed E-state index contributed by atoms with van der Waals surface area (Å²) in [5.41, 5.74) is 0.119. The van der Waals surface area contributed by atoms with Gasteiger partial charge in [0.05, 0.1) is 15.0 Å². The number of anilines is 1. The molecule has 1 N–H and O–H groups in total. The van der Waals surface area contributed by atoms with Crippen LogP contribution >= 0.6 is 34.8 Å². The first-order valence-corrected chi connectivity index (χ1v) is 8.15.